The van der Waals surface area contributed by atoms with E-state index in [0.717, 1.165) is 29.8 Å². The van der Waals surface area contributed by atoms with Crippen LogP contribution in [0.1, 0.15) is 6.92 Å². The number of H-pyrrole nitrogens is 1. The minimum Gasteiger partial charge on any atom is -0.322 e. The Morgan fingerprint density at radius 3 is 2.85 bits per heavy atom. The first-order valence-corrected chi connectivity index (χ1v) is 6.28. The molecule has 0 spiro atoms. The van der Waals surface area contributed by atoms with Gasteiger partial charge in [-0.15, -0.1) is 10.2 Å². The minimum atomic E-state index is -0.0771. The summed E-state index contributed by atoms with van der Waals surface area (Å²) >= 11 is 0. The van der Waals surface area contributed by atoms with E-state index in [1.165, 1.54) is 0 Å². The second-order valence-electron chi connectivity index (χ2n) is 4.60. The molecular formula is C13H14N6O. The van der Waals surface area contributed by atoms with Crippen molar-refractivity contribution >= 4 is 11.6 Å². The average molecular weight is 270 g/mol. The number of benzene rings is 1. The molecule has 1 amide bonds. The highest BCUT2D eigenvalue weighted by Crippen LogP contribution is 2.19. The summed E-state index contributed by atoms with van der Waals surface area (Å²) in [5.74, 6) is 0.422. The third-order valence-corrected chi connectivity index (χ3v) is 3.27. The summed E-state index contributed by atoms with van der Waals surface area (Å²) in [6.45, 7) is 3.43. The minimum absolute atomic E-state index is 0.0771. The fraction of sp³-hybridized carbons (Fsp3) is 0.231. The maximum Gasteiger partial charge on any atom is 0.251 e. The lowest BCUT2D eigenvalue weighted by Crippen LogP contribution is -2.36. The van der Waals surface area contributed by atoms with Crippen LogP contribution >= 0.6 is 0 Å². The molecule has 0 saturated carbocycles. The van der Waals surface area contributed by atoms with Crippen molar-refractivity contribution in [1.29, 1.82) is 0 Å². The van der Waals surface area contributed by atoms with Gasteiger partial charge in [-0.1, -0.05) is 12.1 Å². The summed E-state index contributed by atoms with van der Waals surface area (Å²) < 4.78 is 0. The molecule has 1 aromatic carbocycles. The van der Waals surface area contributed by atoms with E-state index < -0.39 is 0 Å². The van der Waals surface area contributed by atoms with Gasteiger partial charge in [0.2, 0.25) is 5.82 Å². The monoisotopic (exact) mass is 270 g/mol. The Labute approximate surface area is 115 Å². The van der Waals surface area contributed by atoms with Crippen LogP contribution in [0.2, 0.25) is 0 Å². The smallest absolute Gasteiger partial charge is 0.251 e. The van der Waals surface area contributed by atoms with Crippen LogP contribution in [0.4, 0.5) is 5.69 Å². The predicted molar refractivity (Wildman–Crippen MR) is 73.8 cm³/mol. The third-order valence-electron chi connectivity index (χ3n) is 3.27. The van der Waals surface area contributed by atoms with Gasteiger partial charge in [0.1, 0.15) is 0 Å². The molecule has 2 heterocycles. The van der Waals surface area contributed by atoms with Gasteiger partial charge in [0.05, 0.1) is 0 Å². The van der Waals surface area contributed by atoms with E-state index in [1.54, 1.807) is 0 Å². The van der Waals surface area contributed by atoms with Crippen LogP contribution in [-0.4, -0.2) is 39.6 Å². The molecule has 0 unspecified atom stereocenters. The van der Waals surface area contributed by atoms with E-state index >= 15 is 0 Å². The number of aromatic amines is 1. The van der Waals surface area contributed by atoms with E-state index in [0.29, 0.717) is 11.5 Å². The summed E-state index contributed by atoms with van der Waals surface area (Å²) in [6.07, 6.45) is 0. The highest BCUT2D eigenvalue weighted by molar-refractivity contribution is 6.04. The zero-order valence-corrected chi connectivity index (χ0v) is 11.0. The zero-order valence-electron chi connectivity index (χ0n) is 11.0. The number of amides is 1. The van der Waals surface area contributed by atoms with Gasteiger partial charge in [-0.05, 0) is 29.8 Å². The maximum absolute atomic E-state index is 12.1. The molecule has 3 rings (SSSR count). The number of anilines is 1. The Bertz CT molecular complexity index is 655. The van der Waals surface area contributed by atoms with Crippen LogP contribution in [0.3, 0.4) is 0 Å². The van der Waals surface area contributed by atoms with Crippen molar-refractivity contribution in [2.24, 2.45) is 0 Å². The standard InChI is InChI=1S/C13H14N6O/c1-8(10-6-14-7-10)13(20)15-11-4-2-3-9(5-11)12-16-18-19-17-12/h2-5,14H,6-7H2,1H3,(H,15,20)(H,16,17,18,19). The Kier molecular flexibility index (Phi) is 3.26. The number of nitrogens with zero attached hydrogens (tertiary/aromatic N) is 3. The molecule has 1 aliphatic heterocycles. The number of nitrogens with one attached hydrogen (secondary N) is 3. The van der Waals surface area contributed by atoms with E-state index in [-0.39, 0.29) is 5.91 Å². The highest BCUT2D eigenvalue weighted by Gasteiger charge is 2.16. The molecule has 0 aliphatic carbocycles. The predicted octanol–water partition coefficient (Wildman–Crippen LogP) is 0.725. The first-order chi connectivity index (χ1) is 9.74. The summed E-state index contributed by atoms with van der Waals surface area (Å²) in [5, 5.41) is 19.8. The molecule has 7 heteroatoms. The van der Waals surface area contributed by atoms with E-state index in [2.05, 4.69) is 31.3 Å². The normalized spacial score (nSPS) is 13.8. The number of tetrazole rings is 1. The summed E-state index contributed by atoms with van der Waals surface area (Å²) in [5.41, 5.74) is 3.43. The van der Waals surface area contributed by atoms with Gasteiger partial charge >= 0.3 is 0 Å². The van der Waals surface area contributed by atoms with Crippen molar-refractivity contribution in [3.8, 4) is 11.4 Å². The summed E-state index contributed by atoms with van der Waals surface area (Å²) in [6, 6.07) is 7.36. The first-order valence-electron chi connectivity index (χ1n) is 6.28. The van der Waals surface area contributed by atoms with Gasteiger partial charge in [-0.3, -0.25) is 4.79 Å². The van der Waals surface area contributed by atoms with Gasteiger partial charge < -0.3 is 10.6 Å². The Morgan fingerprint density at radius 2 is 2.20 bits per heavy atom. The molecule has 1 saturated heterocycles. The topological polar surface area (TPSA) is 95.6 Å². The SMILES string of the molecule is CC(C(=O)Nc1cccc(-c2nn[nH]n2)c1)=C1CNC1. The summed E-state index contributed by atoms with van der Waals surface area (Å²) in [4.78, 5) is 12.1. The largest absolute Gasteiger partial charge is 0.322 e. The van der Waals surface area contributed by atoms with E-state index in [4.69, 9.17) is 0 Å². The van der Waals surface area contributed by atoms with Crippen molar-refractivity contribution in [2.75, 3.05) is 18.4 Å². The van der Waals surface area contributed by atoms with Gasteiger partial charge in [-0.25, -0.2) is 0 Å². The Morgan fingerprint density at radius 1 is 1.35 bits per heavy atom. The fourth-order valence-corrected chi connectivity index (χ4v) is 1.92. The van der Waals surface area contributed by atoms with Crippen LogP contribution in [-0.2, 0) is 4.79 Å². The molecule has 1 aromatic heterocycles. The van der Waals surface area contributed by atoms with Crippen molar-refractivity contribution < 1.29 is 4.79 Å². The van der Waals surface area contributed by atoms with E-state index in [9.17, 15) is 4.79 Å². The van der Waals surface area contributed by atoms with Gasteiger partial charge in [0.15, 0.2) is 0 Å². The molecular weight excluding hydrogens is 256 g/mol. The van der Waals surface area contributed by atoms with Crippen LogP contribution in [0.15, 0.2) is 35.4 Å². The van der Waals surface area contributed by atoms with Gasteiger partial charge in [-0.2, -0.15) is 5.21 Å². The quantitative estimate of drug-likeness (QED) is 0.714. The molecule has 3 N–H and O–H groups in total. The number of carbonyl (C=O) groups is 1. The maximum atomic E-state index is 12.1. The number of aromatic nitrogens is 4. The van der Waals surface area contributed by atoms with Crippen molar-refractivity contribution in [1.82, 2.24) is 25.9 Å². The van der Waals surface area contributed by atoms with E-state index in [1.807, 2.05) is 31.2 Å². The first kappa shape index (κ1) is 12.5. The molecule has 0 bridgehead atoms. The molecule has 20 heavy (non-hydrogen) atoms. The molecule has 0 atom stereocenters. The number of hydrogen-bond acceptors (Lipinski definition) is 5. The second kappa shape index (κ2) is 5.22. The third kappa shape index (κ3) is 2.43. The second-order valence-corrected chi connectivity index (χ2v) is 4.60. The Balaban J connectivity index is 1.78. The van der Waals surface area contributed by atoms with Crippen molar-refractivity contribution in [2.45, 2.75) is 6.92 Å². The number of hydrogen-bond donors (Lipinski definition) is 3. The zero-order chi connectivity index (χ0) is 13.9. The number of rotatable bonds is 3. The van der Waals surface area contributed by atoms with Crippen molar-refractivity contribution in [3.63, 3.8) is 0 Å². The number of carbonyl (C=O) groups excluding carboxylic acids is 1. The average Bonchev–Trinajstić information content (AvgIpc) is 2.90. The molecule has 0 radical (unpaired) electrons. The van der Waals surface area contributed by atoms with Gasteiger partial charge in [0.25, 0.3) is 5.91 Å². The van der Waals surface area contributed by atoms with Crippen molar-refractivity contribution in [3.05, 3.63) is 35.4 Å². The molecule has 102 valence electrons. The Hall–Kier alpha value is -2.54. The van der Waals surface area contributed by atoms with Crippen LogP contribution in [0.25, 0.3) is 11.4 Å². The van der Waals surface area contributed by atoms with Crippen LogP contribution < -0.4 is 10.6 Å². The molecule has 2 aromatic rings. The summed E-state index contributed by atoms with van der Waals surface area (Å²) in [7, 11) is 0. The molecule has 1 aliphatic rings. The fourth-order valence-electron chi connectivity index (χ4n) is 1.92. The highest BCUT2D eigenvalue weighted by atomic mass is 16.1. The van der Waals surface area contributed by atoms with Crippen LogP contribution in [0.5, 0.6) is 0 Å². The van der Waals surface area contributed by atoms with Gasteiger partial charge in [0, 0.05) is 29.9 Å². The molecule has 7 nitrogen and oxygen atoms in total. The lowest BCUT2D eigenvalue weighted by Gasteiger charge is -2.21. The van der Waals surface area contributed by atoms with Crippen LogP contribution in [0, 0.1) is 0 Å². The molecule has 1 fully saturated rings. The lowest BCUT2D eigenvalue weighted by atomic mass is 10.0. The lowest BCUT2D eigenvalue weighted by molar-refractivity contribution is -0.112.